The quantitative estimate of drug-likeness (QED) is 0.729. The van der Waals surface area contributed by atoms with E-state index in [1.807, 2.05) is 42.5 Å². The topological polar surface area (TPSA) is 54.6 Å². The van der Waals surface area contributed by atoms with Crippen LogP contribution in [0.5, 0.6) is 5.88 Å². The maximum absolute atomic E-state index is 5.91. The highest BCUT2D eigenvalue weighted by Crippen LogP contribution is 2.24. The predicted molar refractivity (Wildman–Crippen MR) is 96.9 cm³/mol. The zero-order valence-corrected chi connectivity index (χ0v) is 14.6. The van der Waals surface area contributed by atoms with Crippen molar-refractivity contribution in [1.82, 2.24) is 14.9 Å². The Labute approximate surface area is 147 Å². The number of hydrogen-bond acceptors (Lipinski definition) is 6. The summed E-state index contributed by atoms with van der Waals surface area (Å²) in [7, 11) is 1.65. The summed E-state index contributed by atoms with van der Waals surface area (Å²) in [6, 6.07) is 14.9. The van der Waals surface area contributed by atoms with E-state index in [1.54, 1.807) is 7.11 Å². The normalized spacial score (nSPS) is 18.6. The van der Waals surface area contributed by atoms with Gasteiger partial charge in [-0.1, -0.05) is 18.2 Å². The number of para-hydroxylation sites is 2. The highest BCUT2D eigenvalue weighted by Gasteiger charge is 2.26. The molecule has 1 aromatic carbocycles. The van der Waals surface area contributed by atoms with Crippen molar-refractivity contribution < 1.29 is 9.15 Å². The number of fused-ring (bicyclic) bond motifs is 1. The van der Waals surface area contributed by atoms with E-state index in [-0.39, 0.29) is 0 Å². The van der Waals surface area contributed by atoms with Gasteiger partial charge in [0.2, 0.25) is 5.88 Å². The smallest absolute Gasteiger partial charge is 0.298 e. The molecule has 1 saturated heterocycles. The van der Waals surface area contributed by atoms with Crippen molar-refractivity contribution in [3.63, 3.8) is 0 Å². The minimum Gasteiger partial charge on any atom is -0.481 e. The summed E-state index contributed by atoms with van der Waals surface area (Å²) in [5.41, 5.74) is 2.78. The molecular formula is C19H22N4O2. The molecule has 1 atom stereocenters. The van der Waals surface area contributed by atoms with Gasteiger partial charge >= 0.3 is 0 Å². The highest BCUT2D eigenvalue weighted by atomic mass is 16.5. The minimum absolute atomic E-state index is 0.386. The van der Waals surface area contributed by atoms with Gasteiger partial charge in [0.15, 0.2) is 5.58 Å². The summed E-state index contributed by atoms with van der Waals surface area (Å²) >= 11 is 0. The predicted octanol–water partition coefficient (Wildman–Crippen LogP) is 2.94. The molecule has 0 spiro atoms. The second kappa shape index (κ2) is 6.72. The molecule has 1 fully saturated rings. The third-order valence-electron chi connectivity index (χ3n) is 4.67. The molecule has 4 rings (SSSR count). The van der Waals surface area contributed by atoms with Crippen molar-refractivity contribution in [1.29, 1.82) is 0 Å². The third kappa shape index (κ3) is 3.30. The van der Waals surface area contributed by atoms with E-state index in [4.69, 9.17) is 9.15 Å². The third-order valence-corrected chi connectivity index (χ3v) is 4.67. The Kier molecular flexibility index (Phi) is 4.28. The number of benzene rings is 1. The number of hydrogen-bond donors (Lipinski definition) is 0. The average Bonchev–Trinajstić information content (AvgIpc) is 3.08. The van der Waals surface area contributed by atoms with E-state index in [2.05, 4.69) is 26.7 Å². The van der Waals surface area contributed by atoms with Crippen LogP contribution in [0.2, 0.25) is 0 Å². The largest absolute Gasteiger partial charge is 0.481 e. The Morgan fingerprint density at radius 3 is 2.80 bits per heavy atom. The lowest BCUT2D eigenvalue weighted by Gasteiger charge is -2.39. The van der Waals surface area contributed by atoms with Crippen molar-refractivity contribution >= 4 is 17.1 Å². The van der Waals surface area contributed by atoms with E-state index in [0.29, 0.717) is 17.9 Å². The molecule has 1 aliphatic heterocycles. The number of pyridine rings is 1. The summed E-state index contributed by atoms with van der Waals surface area (Å²) < 4.78 is 11.1. The SMILES string of the molecule is COc1cccc(CN2CCN(c3nc4ccccc4o3)CC2C)n1. The molecule has 0 amide bonds. The van der Waals surface area contributed by atoms with E-state index >= 15 is 0 Å². The van der Waals surface area contributed by atoms with Crippen LogP contribution in [-0.4, -0.2) is 47.7 Å². The van der Waals surface area contributed by atoms with Gasteiger partial charge in [-0.25, -0.2) is 4.98 Å². The summed E-state index contributed by atoms with van der Waals surface area (Å²) in [6.07, 6.45) is 0. The number of ether oxygens (including phenoxy) is 1. The zero-order valence-electron chi connectivity index (χ0n) is 14.6. The zero-order chi connectivity index (χ0) is 17.2. The number of rotatable bonds is 4. The average molecular weight is 338 g/mol. The molecule has 25 heavy (non-hydrogen) atoms. The lowest BCUT2D eigenvalue weighted by Crippen LogP contribution is -2.51. The van der Waals surface area contributed by atoms with Crippen molar-refractivity contribution in [2.24, 2.45) is 0 Å². The molecule has 6 heteroatoms. The maximum Gasteiger partial charge on any atom is 0.298 e. The Morgan fingerprint density at radius 2 is 2.00 bits per heavy atom. The molecule has 1 aliphatic rings. The number of aromatic nitrogens is 2. The standard InChI is InChI=1S/C19H22N4O2/c1-14-12-23(19-21-16-7-3-4-8-17(16)25-19)11-10-22(14)13-15-6-5-9-18(20-15)24-2/h3-9,14H,10-13H2,1-2H3. The number of methoxy groups -OCH3 is 1. The Hall–Kier alpha value is -2.60. The Morgan fingerprint density at radius 1 is 1.12 bits per heavy atom. The maximum atomic E-state index is 5.91. The summed E-state index contributed by atoms with van der Waals surface area (Å²) in [6.45, 7) is 5.77. The fourth-order valence-corrected chi connectivity index (χ4v) is 3.27. The van der Waals surface area contributed by atoms with Gasteiger partial charge < -0.3 is 14.1 Å². The monoisotopic (exact) mass is 338 g/mol. The van der Waals surface area contributed by atoms with Gasteiger partial charge in [0.05, 0.1) is 12.8 Å². The van der Waals surface area contributed by atoms with Crippen molar-refractivity contribution in [2.75, 3.05) is 31.6 Å². The van der Waals surface area contributed by atoms with E-state index in [1.165, 1.54) is 0 Å². The van der Waals surface area contributed by atoms with E-state index < -0.39 is 0 Å². The first-order valence-electron chi connectivity index (χ1n) is 8.57. The van der Waals surface area contributed by atoms with Crippen molar-refractivity contribution in [3.8, 4) is 5.88 Å². The van der Waals surface area contributed by atoms with Crippen LogP contribution in [0.3, 0.4) is 0 Å². The molecule has 3 aromatic rings. The molecule has 1 unspecified atom stereocenters. The van der Waals surface area contributed by atoms with Gasteiger partial charge in [0.25, 0.3) is 6.01 Å². The number of oxazole rings is 1. The molecule has 0 bridgehead atoms. The molecule has 6 nitrogen and oxygen atoms in total. The first-order chi connectivity index (χ1) is 12.2. The first-order valence-corrected chi connectivity index (χ1v) is 8.57. The van der Waals surface area contributed by atoms with Crippen LogP contribution in [0.25, 0.3) is 11.1 Å². The fourth-order valence-electron chi connectivity index (χ4n) is 3.27. The van der Waals surface area contributed by atoms with Gasteiger partial charge in [0, 0.05) is 38.3 Å². The Balaban J connectivity index is 1.44. The lowest BCUT2D eigenvalue weighted by molar-refractivity contribution is 0.175. The van der Waals surface area contributed by atoms with Crippen LogP contribution in [-0.2, 0) is 6.54 Å². The van der Waals surface area contributed by atoms with Gasteiger partial charge in [-0.3, -0.25) is 4.90 Å². The van der Waals surface area contributed by atoms with Crippen LogP contribution in [0, 0.1) is 0 Å². The van der Waals surface area contributed by atoms with Crippen molar-refractivity contribution in [3.05, 3.63) is 48.2 Å². The second-order valence-electron chi connectivity index (χ2n) is 6.40. The minimum atomic E-state index is 0.386. The van der Waals surface area contributed by atoms with Gasteiger partial charge in [-0.2, -0.15) is 4.98 Å². The summed E-state index contributed by atoms with van der Waals surface area (Å²) in [5, 5.41) is 0. The molecular weight excluding hydrogens is 316 g/mol. The molecule has 0 aliphatic carbocycles. The molecule has 2 aromatic heterocycles. The molecule has 0 radical (unpaired) electrons. The number of piperazine rings is 1. The molecule has 3 heterocycles. The van der Waals surface area contributed by atoms with Crippen LogP contribution in [0.4, 0.5) is 6.01 Å². The van der Waals surface area contributed by atoms with Gasteiger partial charge in [-0.15, -0.1) is 0 Å². The van der Waals surface area contributed by atoms with E-state index in [9.17, 15) is 0 Å². The lowest BCUT2D eigenvalue weighted by atomic mass is 10.2. The van der Waals surface area contributed by atoms with Crippen molar-refractivity contribution in [2.45, 2.75) is 19.5 Å². The van der Waals surface area contributed by atoms with Crippen LogP contribution in [0.15, 0.2) is 46.9 Å². The fraction of sp³-hybridized carbons (Fsp3) is 0.368. The number of nitrogens with zero attached hydrogens (tertiary/aromatic N) is 4. The van der Waals surface area contributed by atoms with Crippen LogP contribution < -0.4 is 9.64 Å². The molecule has 130 valence electrons. The van der Waals surface area contributed by atoms with E-state index in [0.717, 1.165) is 43.0 Å². The molecule has 0 N–H and O–H groups in total. The van der Waals surface area contributed by atoms with Crippen LogP contribution >= 0.6 is 0 Å². The summed E-state index contributed by atoms with van der Waals surface area (Å²) in [5.74, 6) is 0.662. The van der Waals surface area contributed by atoms with Gasteiger partial charge in [-0.05, 0) is 25.1 Å². The second-order valence-corrected chi connectivity index (χ2v) is 6.40. The number of anilines is 1. The summed E-state index contributed by atoms with van der Waals surface area (Å²) in [4.78, 5) is 13.8. The highest BCUT2D eigenvalue weighted by molar-refractivity contribution is 5.74. The Bertz CT molecular complexity index is 830. The van der Waals surface area contributed by atoms with Crippen LogP contribution in [0.1, 0.15) is 12.6 Å². The first kappa shape index (κ1) is 15.9. The molecule has 0 saturated carbocycles. The van der Waals surface area contributed by atoms with Gasteiger partial charge in [0.1, 0.15) is 5.52 Å².